The lowest BCUT2D eigenvalue weighted by Gasteiger charge is -2.23. The predicted molar refractivity (Wildman–Crippen MR) is 62.3 cm³/mol. The number of nitrogens with one attached hydrogen (secondary N) is 1. The van der Waals surface area contributed by atoms with Crippen molar-refractivity contribution in [3.8, 4) is 0 Å². The molecular formula is C12H19FN2O. The van der Waals surface area contributed by atoms with E-state index < -0.39 is 0 Å². The summed E-state index contributed by atoms with van der Waals surface area (Å²) in [5.41, 5.74) is 3.62. The summed E-state index contributed by atoms with van der Waals surface area (Å²) in [4.78, 5) is 0. The molecule has 0 heterocycles. The molecule has 3 N–H and O–H groups in total. The highest BCUT2D eigenvalue weighted by Gasteiger charge is 2.16. The second kappa shape index (κ2) is 6.58. The van der Waals surface area contributed by atoms with Gasteiger partial charge in [0.2, 0.25) is 0 Å². The number of hydrogen-bond donors (Lipinski definition) is 2. The van der Waals surface area contributed by atoms with Crippen LogP contribution in [0.15, 0.2) is 24.3 Å². The van der Waals surface area contributed by atoms with Crippen molar-refractivity contribution in [1.82, 2.24) is 5.43 Å². The molecular weight excluding hydrogens is 207 g/mol. The third-order valence-corrected chi connectivity index (χ3v) is 2.55. The number of halogens is 1. The first kappa shape index (κ1) is 13.1. The first-order valence-corrected chi connectivity index (χ1v) is 5.49. The Kier molecular flexibility index (Phi) is 5.38. The van der Waals surface area contributed by atoms with E-state index in [1.54, 1.807) is 6.07 Å². The standard InChI is InChI=1S/C12H19FN2O/c1-3-16-9(2)12(15-14)8-10-5-4-6-11(13)7-10/h4-7,9,12,15H,3,8,14H2,1-2H3. The fourth-order valence-electron chi connectivity index (χ4n) is 1.66. The average molecular weight is 226 g/mol. The maximum Gasteiger partial charge on any atom is 0.123 e. The Hall–Kier alpha value is -0.970. The number of hydrazine groups is 1. The first-order valence-electron chi connectivity index (χ1n) is 5.49. The van der Waals surface area contributed by atoms with Crippen molar-refractivity contribution >= 4 is 0 Å². The molecule has 1 rings (SSSR count). The van der Waals surface area contributed by atoms with Crippen molar-refractivity contribution in [3.05, 3.63) is 35.6 Å². The third-order valence-electron chi connectivity index (χ3n) is 2.55. The zero-order valence-electron chi connectivity index (χ0n) is 9.74. The number of nitrogens with two attached hydrogens (primary N) is 1. The molecule has 0 aliphatic rings. The van der Waals surface area contributed by atoms with Gasteiger partial charge in [-0.05, 0) is 38.0 Å². The number of hydrogen-bond acceptors (Lipinski definition) is 3. The van der Waals surface area contributed by atoms with Crippen LogP contribution in [0.3, 0.4) is 0 Å². The highest BCUT2D eigenvalue weighted by Crippen LogP contribution is 2.09. The van der Waals surface area contributed by atoms with Gasteiger partial charge in [-0.25, -0.2) is 4.39 Å². The fourth-order valence-corrected chi connectivity index (χ4v) is 1.66. The van der Waals surface area contributed by atoms with Gasteiger partial charge >= 0.3 is 0 Å². The highest BCUT2D eigenvalue weighted by molar-refractivity contribution is 5.17. The van der Waals surface area contributed by atoms with Gasteiger partial charge in [-0.15, -0.1) is 0 Å². The van der Waals surface area contributed by atoms with Gasteiger partial charge in [0.25, 0.3) is 0 Å². The number of benzene rings is 1. The van der Waals surface area contributed by atoms with Crippen LogP contribution in [0.2, 0.25) is 0 Å². The summed E-state index contributed by atoms with van der Waals surface area (Å²) in [6.45, 7) is 4.53. The summed E-state index contributed by atoms with van der Waals surface area (Å²) in [6.07, 6.45) is 0.647. The smallest absolute Gasteiger partial charge is 0.123 e. The molecule has 0 saturated heterocycles. The van der Waals surface area contributed by atoms with E-state index in [4.69, 9.17) is 10.6 Å². The first-order chi connectivity index (χ1) is 7.67. The minimum atomic E-state index is -0.225. The molecule has 2 atom stereocenters. The molecule has 0 aromatic heterocycles. The summed E-state index contributed by atoms with van der Waals surface area (Å²) in [5.74, 6) is 5.24. The van der Waals surface area contributed by atoms with E-state index in [1.807, 2.05) is 19.9 Å². The third kappa shape index (κ3) is 3.89. The Bertz CT molecular complexity index is 320. The maximum absolute atomic E-state index is 13.0. The Morgan fingerprint density at radius 3 is 2.81 bits per heavy atom. The van der Waals surface area contributed by atoms with Crippen LogP contribution in [0.5, 0.6) is 0 Å². The Balaban J connectivity index is 2.62. The molecule has 16 heavy (non-hydrogen) atoms. The molecule has 0 spiro atoms. The molecule has 0 aliphatic heterocycles. The van der Waals surface area contributed by atoms with Crippen molar-refractivity contribution in [3.63, 3.8) is 0 Å². The van der Waals surface area contributed by atoms with Crippen LogP contribution in [0.1, 0.15) is 19.4 Å². The van der Waals surface area contributed by atoms with Crippen LogP contribution in [0.25, 0.3) is 0 Å². The van der Waals surface area contributed by atoms with E-state index in [0.717, 1.165) is 5.56 Å². The summed E-state index contributed by atoms with van der Waals surface area (Å²) in [6, 6.07) is 6.51. The van der Waals surface area contributed by atoms with Gasteiger partial charge in [0.05, 0.1) is 12.1 Å². The van der Waals surface area contributed by atoms with Crippen LogP contribution < -0.4 is 11.3 Å². The zero-order valence-corrected chi connectivity index (χ0v) is 9.74. The molecule has 2 unspecified atom stereocenters. The number of ether oxygens (including phenoxy) is 1. The van der Waals surface area contributed by atoms with E-state index in [0.29, 0.717) is 13.0 Å². The lowest BCUT2D eigenvalue weighted by atomic mass is 10.0. The molecule has 4 heteroatoms. The minimum Gasteiger partial charge on any atom is -0.377 e. The molecule has 0 radical (unpaired) electrons. The Labute approximate surface area is 95.8 Å². The largest absolute Gasteiger partial charge is 0.377 e. The topological polar surface area (TPSA) is 47.3 Å². The molecule has 0 bridgehead atoms. The summed E-state index contributed by atoms with van der Waals surface area (Å²) in [5, 5.41) is 0. The van der Waals surface area contributed by atoms with E-state index in [1.165, 1.54) is 12.1 Å². The van der Waals surface area contributed by atoms with Gasteiger partial charge in [-0.2, -0.15) is 0 Å². The lowest BCUT2D eigenvalue weighted by Crippen LogP contribution is -2.45. The van der Waals surface area contributed by atoms with Gasteiger partial charge in [0.1, 0.15) is 5.82 Å². The van der Waals surface area contributed by atoms with Gasteiger partial charge in [-0.3, -0.25) is 11.3 Å². The maximum atomic E-state index is 13.0. The molecule has 0 amide bonds. The zero-order chi connectivity index (χ0) is 12.0. The fraction of sp³-hybridized carbons (Fsp3) is 0.500. The van der Waals surface area contributed by atoms with Crippen molar-refractivity contribution in [2.45, 2.75) is 32.4 Å². The van der Waals surface area contributed by atoms with E-state index in [9.17, 15) is 4.39 Å². The molecule has 0 fully saturated rings. The summed E-state index contributed by atoms with van der Waals surface area (Å²) < 4.78 is 18.4. The monoisotopic (exact) mass is 226 g/mol. The van der Waals surface area contributed by atoms with Crippen LogP contribution in [0, 0.1) is 5.82 Å². The molecule has 0 saturated carbocycles. The van der Waals surface area contributed by atoms with E-state index in [-0.39, 0.29) is 18.0 Å². The Morgan fingerprint density at radius 1 is 1.50 bits per heavy atom. The van der Waals surface area contributed by atoms with Crippen molar-refractivity contribution < 1.29 is 9.13 Å². The van der Waals surface area contributed by atoms with Gasteiger partial charge in [0.15, 0.2) is 0 Å². The number of rotatable bonds is 6. The van der Waals surface area contributed by atoms with E-state index >= 15 is 0 Å². The van der Waals surface area contributed by atoms with Crippen molar-refractivity contribution in [1.29, 1.82) is 0 Å². The molecule has 0 aliphatic carbocycles. The quantitative estimate of drug-likeness (QED) is 0.572. The SMILES string of the molecule is CCOC(C)C(Cc1cccc(F)c1)NN. The average Bonchev–Trinajstić information content (AvgIpc) is 2.26. The summed E-state index contributed by atoms with van der Waals surface area (Å²) in [7, 11) is 0. The Morgan fingerprint density at radius 2 is 2.25 bits per heavy atom. The van der Waals surface area contributed by atoms with Crippen molar-refractivity contribution in [2.75, 3.05) is 6.61 Å². The van der Waals surface area contributed by atoms with E-state index in [2.05, 4.69) is 5.43 Å². The van der Waals surface area contributed by atoms with Crippen molar-refractivity contribution in [2.24, 2.45) is 5.84 Å². The molecule has 3 nitrogen and oxygen atoms in total. The van der Waals surface area contributed by atoms with Crippen LogP contribution >= 0.6 is 0 Å². The predicted octanol–water partition coefficient (Wildman–Crippen LogP) is 1.63. The highest BCUT2D eigenvalue weighted by atomic mass is 19.1. The second-order valence-electron chi connectivity index (χ2n) is 3.77. The van der Waals surface area contributed by atoms with Gasteiger partial charge in [-0.1, -0.05) is 12.1 Å². The normalized spacial score (nSPS) is 14.8. The molecule has 1 aromatic carbocycles. The molecule has 90 valence electrons. The minimum absolute atomic E-state index is 0.00160. The van der Waals surface area contributed by atoms with Crippen LogP contribution in [-0.4, -0.2) is 18.8 Å². The second-order valence-corrected chi connectivity index (χ2v) is 3.77. The lowest BCUT2D eigenvalue weighted by molar-refractivity contribution is 0.0476. The van der Waals surface area contributed by atoms with Gasteiger partial charge < -0.3 is 4.74 Å². The summed E-state index contributed by atoms with van der Waals surface area (Å²) >= 11 is 0. The van der Waals surface area contributed by atoms with Crippen LogP contribution in [0.4, 0.5) is 4.39 Å². The molecule has 1 aromatic rings. The van der Waals surface area contributed by atoms with Crippen LogP contribution in [-0.2, 0) is 11.2 Å². The van der Waals surface area contributed by atoms with Gasteiger partial charge in [0, 0.05) is 6.61 Å².